The summed E-state index contributed by atoms with van der Waals surface area (Å²) in [4.78, 5) is 0. The van der Waals surface area contributed by atoms with Crippen LogP contribution in [0.1, 0.15) is 46.5 Å². The predicted octanol–water partition coefficient (Wildman–Crippen LogP) is 2.35. The van der Waals surface area contributed by atoms with Gasteiger partial charge in [0.15, 0.2) is 0 Å². The van der Waals surface area contributed by atoms with Crippen molar-refractivity contribution < 1.29 is 9.47 Å². The zero-order valence-corrected chi connectivity index (χ0v) is 11.0. The van der Waals surface area contributed by atoms with Crippen LogP contribution in [0.3, 0.4) is 0 Å². The van der Waals surface area contributed by atoms with Crippen molar-refractivity contribution in [1.82, 2.24) is 5.32 Å². The minimum absolute atomic E-state index is 0.329. The van der Waals surface area contributed by atoms with Crippen molar-refractivity contribution in [3.63, 3.8) is 0 Å². The van der Waals surface area contributed by atoms with Crippen LogP contribution >= 0.6 is 0 Å². The van der Waals surface area contributed by atoms with Crippen molar-refractivity contribution >= 4 is 0 Å². The lowest BCUT2D eigenvalue weighted by Gasteiger charge is -2.21. The molecule has 1 aliphatic rings. The van der Waals surface area contributed by atoms with Gasteiger partial charge >= 0.3 is 0 Å². The number of nitrogens with one attached hydrogen (secondary N) is 1. The maximum absolute atomic E-state index is 5.78. The molecule has 1 N–H and O–H groups in total. The smallest absolute Gasteiger partial charge is 0.0831 e. The number of hydrogen-bond acceptors (Lipinski definition) is 3. The van der Waals surface area contributed by atoms with E-state index < -0.39 is 0 Å². The Labute approximate surface area is 99.9 Å². The summed E-state index contributed by atoms with van der Waals surface area (Å²) in [6.07, 6.45) is 5.22. The second-order valence-corrected chi connectivity index (χ2v) is 4.93. The van der Waals surface area contributed by atoms with Gasteiger partial charge in [0, 0.05) is 18.7 Å². The van der Waals surface area contributed by atoms with Crippen LogP contribution in [0.4, 0.5) is 0 Å². The Hall–Kier alpha value is -0.120. The van der Waals surface area contributed by atoms with Gasteiger partial charge in [-0.3, -0.25) is 0 Å². The van der Waals surface area contributed by atoms with E-state index in [-0.39, 0.29) is 0 Å². The predicted molar refractivity (Wildman–Crippen MR) is 66.8 cm³/mol. The standard InChI is InChI=1S/C13H27NO2/c1-4-5-6-11(2)14-12(3)9-16-13-7-8-15-10-13/h11-14H,4-10H2,1-3H3. The van der Waals surface area contributed by atoms with Gasteiger partial charge in [0.05, 0.1) is 19.3 Å². The van der Waals surface area contributed by atoms with Crippen LogP contribution < -0.4 is 5.32 Å². The quantitative estimate of drug-likeness (QED) is 0.693. The summed E-state index contributed by atoms with van der Waals surface area (Å²) in [5, 5.41) is 3.57. The van der Waals surface area contributed by atoms with Gasteiger partial charge in [-0.15, -0.1) is 0 Å². The van der Waals surface area contributed by atoms with Crippen molar-refractivity contribution in [1.29, 1.82) is 0 Å². The van der Waals surface area contributed by atoms with E-state index in [1.54, 1.807) is 0 Å². The highest BCUT2D eigenvalue weighted by molar-refractivity contribution is 4.69. The van der Waals surface area contributed by atoms with Crippen LogP contribution in [0, 0.1) is 0 Å². The SMILES string of the molecule is CCCCC(C)NC(C)COC1CCOC1. The molecule has 0 aromatic heterocycles. The van der Waals surface area contributed by atoms with Crippen molar-refractivity contribution in [2.45, 2.75) is 64.6 Å². The lowest BCUT2D eigenvalue weighted by molar-refractivity contribution is 0.0310. The number of unbranched alkanes of at least 4 members (excludes halogenated alkanes) is 1. The van der Waals surface area contributed by atoms with Crippen LogP contribution in [-0.2, 0) is 9.47 Å². The van der Waals surface area contributed by atoms with Crippen LogP contribution in [0.25, 0.3) is 0 Å². The van der Waals surface area contributed by atoms with Crippen LogP contribution in [0.2, 0.25) is 0 Å². The van der Waals surface area contributed by atoms with Gasteiger partial charge in [-0.05, 0) is 26.7 Å². The van der Waals surface area contributed by atoms with E-state index in [0.717, 1.165) is 26.2 Å². The largest absolute Gasteiger partial charge is 0.379 e. The minimum atomic E-state index is 0.329. The first-order valence-electron chi connectivity index (χ1n) is 6.67. The fourth-order valence-corrected chi connectivity index (χ4v) is 2.05. The highest BCUT2D eigenvalue weighted by Gasteiger charge is 2.17. The zero-order valence-electron chi connectivity index (χ0n) is 11.0. The molecular formula is C13H27NO2. The maximum Gasteiger partial charge on any atom is 0.0831 e. The Bertz CT molecular complexity index is 169. The van der Waals surface area contributed by atoms with Gasteiger partial charge in [-0.2, -0.15) is 0 Å². The molecule has 16 heavy (non-hydrogen) atoms. The first kappa shape index (κ1) is 13.9. The topological polar surface area (TPSA) is 30.5 Å². The zero-order chi connectivity index (χ0) is 11.8. The van der Waals surface area contributed by atoms with Gasteiger partial charge in [0.2, 0.25) is 0 Å². The first-order chi connectivity index (χ1) is 7.72. The lowest BCUT2D eigenvalue weighted by atomic mass is 10.1. The monoisotopic (exact) mass is 229 g/mol. The number of rotatable bonds is 8. The molecule has 0 bridgehead atoms. The third kappa shape index (κ3) is 5.83. The molecule has 0 spiro atoms. The van der Waals surface area contributed by atoms with Crippen molar-refractivity contribution in [3.05, 3.63) is 0 Å². The van der Waals surface area contributed by atoms with Gasteiger partial charge in [-0.25, -0.2) is 0 Å². The fraction of sp³-hybridized carbons (Fsp3) is 1.00. The van der Waals surface area contributed by atoms with Crippen LogP contribution in [0.15, 0.2) is 0 Å². The summed E-state index contributed by atoms with van der Waals surface area (Å²) in [5.41, 5.74) is 0. The average molecular weight is 229 g/mol. The molecule has 1 rings (SSSR count). The van der Waals surface area contributed by atoms with Crippen molar-refractivity contribution in [2.24, 2.45) is 0 Å². The molecule has 0 aromatic rings. The van der Waals surface area contributed by atoms with Crippen LogP contribution in [-0.4, -0.2) is 38.0 Å². The molecule has 96 valence electrons. The number of ether oxygens (including phenoxy) is 2. The lowest BCUT2D eigenvalue weighted by Crippen LogP contribution is -2.38. The van der Waals surface area contributed by atoms with Gasteiger partial charge in [0.25, 0.3) is 0 Å². The van der Waals surface area contributed by atoms with E-state index in [1.807, 2.05) is 0 Å². The molecule has 3 nitrogen and oxygen atoms in total. The molecular weight excluding hydrogens is 202 g/mol. The highest BCUT2D eigenvalue weighted by atomic mass is 16.5. The van der Waals surface area contributed by atoms with E-state index in [4.69, 9.17) is 9.47 Å². The van der Waals surface area contributed by atoms with E-state index in [2.05, 4.69) is 26.1 Å². The molecule has 1 fully saturated rings. The molecule has 3 unspecified atom stereocenters. The molecule has 1 heterocycles. The molecule has 1 saturated heterocycles. The average Bonchev–Trinajstić information content (AvgIpc) is 2.76. The third-order valence-corrected chi connectivity index (χ3v) is 3.03. The summed E-state index contributed by atoms with van der Waals surface area (Å²) in [5.74, 6) is 0. The van der Waals surface area contributed by atoms with E-state index >= 15 is 0 Å². The fourth-order valence-electron chi connectivity index (χ4n) is 2.05. The summed E-state index contributed by atoms with van der Waals surface area (Å²) in [7, 11) is 0. The Morgan fingerprint density at radius 1 is 1.38 bits per heavy atom. The first-order valence-corrected chi connectivity index (χ1v) is 6.67. The second-order valence-electron chi connectivity index (χ2n) is 4.93. The summed E-state index contributed by atoms with van der Waals surface area (Å²) in [6, 6.07) is 1.03. The Balaban J connectivity index is 2.02. The second kappa shape index (κ2) is 8.04. The summed E-state index contributed by atoms with van der Waals surface area (Å²) >= 11 is 0. The molecule has 0 amide bonds. The van der Waals surface area contributed by atoms with Crippen molar-refractivity contribution in [2.75, 3.05) is 19.8 Å². The number of hydrogen-bond donors (Lipinski definition) is 1. The van der Waals surface area contributed by atoms with Crippen LogP contribution in [0.5, 0.6) is 0 Å². The van der Waals surface area contributed by atoms with E-state index in [0.29, 0.717) is 18.2 Å². The molecule has 0 saturated carbocycles. The van der Waals surface area contributed by atoms with Gasteiger partial charge < -0.3 is 14.8 Å². The van der Waals surface area contributed by atoms with Gasteiger partial charge in [0.1, 0.15) is 0 Å². The maximum atomic E-state index is 5.78. The van der Waals surface area contributed by atoms with Crippen molar-refractivity contribution in [3.8, 4) is 0 Å². The van der Waals surface area contributed by atoms with E-state index in [9.17, 15) is 0 Å². The molecule has 3 atom stereocenters. The molecule has 0 aliphatic carbocycles. The van der Waals surface area contributed by atoms with Gasteiger partial charge in [-0.1, -0.05) is 19.8 Å². The minimum Gasteiger partial charge on any atom is -0.379 e. The molecule has 0 aromatic carbocycles. The Morgan fingerprint density at radius 2 is 2.19 bits per heavy atom. The summed E-state index contributed by atoms with van der Waals surface area (Å²) < 4.78 is 11.1. The normalized spacial score (nSPS) is 24.6. The summed E-state index contributed by atoms with van der Waals surface area (Å²) in [6.45, 7) is 9.12. The molecule has 3 heteroatoms. The highest BCUT2D eigenvalue weighted by Crippen LogP contribution is 2.08. The Kier molecular flexibility index (Phi) is 7.01. The molecule has 1 aliphatic heterocycles. The third-order valence-electron chi connectivity index (χ3n) is 3.03. The van der Waals surface area contributed by atoms with E-state index in [1.165, 1.54) is 19.3 Å². The Morgan fingerprint density at radius 3 is 2.81 bits per heavy atom. The molecule has 0 radical (unpaired) electrons.